The zero-order valence-electron chi connectivity index (χ0n) is 13.0. The number of carbonyl (C=O) groups excluding carboxylic acids is 1. The molecule has 22 heavy (non-hydrogen) atoms. The number of amides is 1. The maximum absolute atomic E-state index is 12.5. The average Bonchev–Trinajstić information content (AvgIpc) is 3.04. The van der Waals surface area contributed by atoms with Crippen LogP contribution in [0.3, 0.4) is 0 Å². The van der Waals surface area contributed by atoms with Crippen molar-refractivity contribution in [1.82, 2.24) is 25.2 Å². The number of carbonyl (C=O) groups is 1. The van der Waals surface area contributed by atoms with Gasteiger partial charge in [-0.05, 0) is 44.5 Å². The highest BCUT2D eigenvalue weighted by Crippen LogP contribution is 2.14. The van der Waals surface area contributed by atoms with Gasteiger partial charge >= 0.3 is 0 Å². The van der Waals surface area contributed by atoms with E-state index in [1.54, 1.807) is 10.9 Å². The van der Waals surface area contributed by atoms with E-state index in [2.05, 4.69) is 15.6 Å². The third kappa shape index (κ3) is 3.01. The van der Waals surface area contributed by atoms with E-state index in [1.807, 2.05) is 43.1 Å². The predicted molar refractivity (Wildman–Crippen MR) is 84.1 cm³/mol. The third-order valence-electron chi connectivity index (χ3n) is 4.17. The summed E-state index contributed by atoms with van der Waals surface area (Å²) in [6, 6.07) is 8.47. The van der Waals surface area contributed by atoms with Crippen LogP contribution in [0.5, 0.6) is 0 Å². The molecule has 2 heterocycles. The molecule has 1 amide bonds. The number of aromatic nitrogens is 3. The molecule has 1 aromatic heterocycles. The summed E-state index contributed by atoms with van der Waals surface area (Å²) in [6.45, 7) is 3.56. The summed E-state index contributed by atoms with van der Waals surface area (Å²) in [6.07, 6.45) is 3.67. The molecule has 0 bridgehead atoms. The zero-order valence-corrected chi connectivity index (χ0v) is 13.0. The number of hydrogen-bond donors (Lipinski definition) is 1. The zero-order chi connectivity index (χ0) is 15.5. The molecule has 1 N–H and O–H groups in total. The van der Waals surface area contributed by atoms with Gasteiger partial charge < -0.3 is 10.2 Å². The van der Waals surface area contributed by atoms with Gasteiger partial charge in [-0.1, -0.05) is 17.3 Å². The van der Waals surface area contributed by atoms with Gasteiger partial charge in [0.1, 0.15) is 0 Å². The van der Waals surface area contributed by atoms with E-state index in [9.17, 15) is 4.79 Å². The standard InChI is InChI=1S/C16H21N5O/c1-12-4-3-5-14(10-12)21-11-15(18-19-21)16(22)20-8-6-13(17-2)7-9-20/h3-5,10-11,13,17H,6-9H2,1-2H3. The molecular formula is C16H21N5O. The van der Waals surface area contributed by atoms with Crippen molar-refractivity contribution in [3.63, 3.8) is 0 Å². The number of hydrogen-bond acceptors (Lipinski definition) is 4. The van der Waals surface area contributed by atoms with Crippen molar-refractivity contribution < 1.29 is 4.79 Å². The summed E-state index contributed by atoms with van der Waals surface area (Å²) in [5.41, 5.74) is 2.47. The van der Waals surface area contributed by atoms with Crippen molar-refractivity contribution >= 4 is 5.91 Å². The van der Waals surface area contributed by atoms with Crippen LogP contribution in [-0.2, 0) is 0 Å². The lowest BCUT2D eigenvalue weighted by atomic mass is 10.1. The van der Waals surface area contributed by atoms with Gasteiger partial charge in [-0.15, -0.1) is 5.10 Å². The molecule has 0 atom stereocenters. The molecular weight excluding hydrogens is 278 g/mol. The first-order valence-corrected chi connectivity index (χ1v) is 7.63. The van der Waals surface area contributed by atoms with E-state index < -0.39 is 0 Å². The van der Waals surface area contributed by atoms with Crippen LogP contribution in [0.25, 0.3) is 5.69 Å². The molecule has 6 nitrogen and oxygen atoms in total. The van der Waals surface area contributed by atoms with Crippen molar-refractivity contribution in [3.05, 3.63) is 41.7 Å². The Bertz CT molecular complexity index is 658. The maximum Gasteiger partial charge on any atom is 0.276 e. The summed E-state index contributed by atoms with van der Waals surface area (Å²) >= 11 is 0. The Labute approximate surface area is 130 Å². The quantitative estimate of drug-likeness (QED) is 0.930. The number of likely N-dealkylation sites (tertiary alicyclic amines) is 1. The fourth-order valence-corrected chi connectivity index (χ4v) is 2.79. The van der Waals surface area contributed by atoms with E-state index in [1.165, 1.54) is 0 Å². The van der Waals surface area contributed by atoms with Gasteiger partial charge in [0.2, 0.25) is 0 Å². The van der Waals surface area contributed by atoms with Gasteiger partial charge in [0, 0.05) is 19.1 Å². The molecule has 0 aliphatic carbocycles. The van der Waals surface area contributed by atoms with Crippen LogP contribution >= 0.6 is 0 Å². The lowest BCUT2D eigenvalue weighted by Gasteiger charge is -2.31. The maximum atomic E-state index is 12.5. The highest BCUT2D eigenvalue weighted by atomic mass is 16.2. The van der Waals surface area contributed by atoms with Gasteiger partial charge in [0.05, 0.1) is 11.9 Å². The number of benzene rings is 1. The summed E-state index contributed by atoms with van der Waals surface area (Å²) in [7, 11) is 1.97. The Kier molecular flexibility index (Phi) is 4.20. The molecule has 2 aromatic rings. The largest absolute Gasteiger partial charge is 0.337 e. The van der Waals surface area contributed by atoms with Crippen LogP contribution in [-0.4, -0.2) is 52.0 Å². The molecule has 1 aromatic carbocycles. The minimum atomic E-state index is -0.0338. The first kappa shape index (κ1) is 14.7. The van der Waals surface area contributed by atoms with E-state index >= 15 is 0 Å². The van der Waals surface area contributed by atoms with Crippen molar-refractivity contribution in [2.24, 2.45) is 0 Å². The van der Waals surface area contributed by atoms with Gasteiger partial charge in [0.25, 0.3) is 5.91 Å². The second-order valence-corrected chi connectivity index (χ2v) is 5.74. The van der Waals surface area contributed by atoms with Crippen LogP contribution in [0.2, 0.25) is 0 Å². The van der Waals surface area contributed by atoms with Crippen molar-refractivity contribution in [2.45, 2.75) is 25.8 Å². The summed E-state index contributed by atoms with van der Waals surface area (Å²) in [5.74, 6) is -0.0338. The molecule has 0 unspecified atom stereocenters. The molecule has 0 radical (unpaired) electrons. The molecule has 6 heteroatoms. The Morgan fingerprint density at radius 1 is 1.32 bits per heavy atom. The van der Waals surface area contributed by atoms with Gasteiger partial charge in [-0.2, -0.15) is 0 Å². The monoisotopic (exact) mass is 299 g/mol. The Morgan fingerprint density at radius 2 is 2.09 bits per heavy atom. The fraction of sp³-hybridized carbons (Fsp3) is 0.438. The number of rotatable bonds is 3. The van der Waals surface area contributed by atoms with Gasteiger partial charge in [-0.3, -0.25) is 4.79 Å². The molecule has 1 saturated heterocycles. The number of piperidine rings is 1. The lowest BCUT2D eigenvalue weighted by molar-refractivity contribution is 0.0701. The number of aryl methyl sites for hydroxylation is 1. The summed E-state index contributed by atoms with van der Waals surface area (Å²) in [5, 5.41) is 11.4. The Morgan fingerprint density at radius 3 is 2.77 bits per heavy atom. The molecule has 0 saturated carbocycles. The first-order valence-electron chi connectivity index (χ1n) is 7.63. The van der Waals surface area contributed by atoms with E-state index in [0.717, 1.165) is 37.2 Å². The van der Waals surface area contributed by atoms with Crippen molar-refractivity contribution in [2.75, 3.05) is 20.1 Å². The van der Waals surface area contributed by atoms with Gasteiger partial charge in [0.15, 0.2) is 5.69 Å². The van der Waals surface area contributed by atoms with E-state index in [0.29, 0.717) is 11.7 Å². The van der Waals surface area contributed by atoms with Crippen molar-refractivity contribution in [3.8, 4) is 5.69 Å². The van der Waals surface area contributed by atoms with Crippen molar-refractivity contribution in [1.29, 1.82) is 0 Å². The molecule has 116 valence electrons. The third-order valence-corrected chi connectivity index (χ3v) is 4.17. The second kappa shape index (κ2) is 6.27. The van der Waals surface area contributed by atoms with E-state index in [-0.39, 0.29) is 5.91 Å². The number of nitrogens with one attached hydrogen (secondary N) is 1. The molecule has 1 aliphatic heterocycles. The topological polar surface area (TPSA) is 63.1 Å². The molecule has 1 aliphatic rings. The highest BCUT2D eigenvalue weighted by molar-refractivity contribution is 5.92. The fourth-order valence-electron chi connectivity index (χ4n) is 2.79. The van der Waals surface area contributed by atoms with Crippen LogP contribution < -0.4 is 5.32 Å². The smallest absolute Gasteiger partial charge is 0.276 e. The van der Waals surface area contributed by atoms with Crippen LogP contribution in [0.1, 0.15) is 28.9 Å². The minimum Gasteiger partial charge on any atom is -0.337 e. The average molecular weight is 299 g/mol. The Balaban J connectivity index is 1.72. The predicted octanol–water partition coefficient (Wildman–Crippen LogP) is 1.40. The molecule has 1 fully saturated rings. The van der Waals surface area contributed by atoms with Crippen LogP contribution in [0.4, 0.5) is 0 Å². The second-order valence-electron chi connectivity index (χ2n) is 5.74. The Hall–Kier alpha value is -2.21. The minimum absolute atomic E-state index is 0.0338. The normalized spacial score (nSPS) is 16.0. The summed E-state index contributed by atoms with van der Waals surface area (Å²) < 4.78 is 1.65. The van der Waals surface area contributed by atoms with E-state index in [4.69, 9.17) is 0 Å². The van der Waals surface area contributed by atoms with Gasteiger partial charge in [-0.25, -0.2) is 4.68 Å². The first-order chi connectivity index (χ1) is 10.7. The lowest BCUT2D eigenvalue weighted by Crippen LogP contribution is -2.44. The SMILES string of the molecule is CNC1CCN(C(=O)c2cn(-c3cccc(C)c3)nn2)CC1. The van der Waals surface area contributed by atoms with Crippen LogP contribution in [0, 0.1) is 6.92 Å². The molecule has 0 spiro atoms. The highest BCUT2D eigenvalue weighted by Gasteiger charge is 2.24. The molecule has 3 rings (SSSR count). The van der Waals surface area contributed by atoms with Crippen LogP contribution in [0.15, 0.2) is 30.5 Å². The summed E-state index contributed by atoms with van der Waals surface area (Å²) in [4.78, 5) is 14.4. The number of nitrogens with zero attached hydrogens (tertiary/aromatic N) is 4.